The smallest absolute Gasteiger partial charge is 0.164 e. The fourth-order valence-corrected chi connectivity index (χ4v) is 19.2. The molecule has 2 aromatic heterocycles. The molecule has 2 heterocycles. The number of aryl methyl sites for hydroxylation is 2. The van der Waals surface area contributed by atoms with Crippen molar-refractivity contribution < 1.29 is 0 Å². The van der Waals surface area contributed by atoms with Crippen LogP contribution < -0.4 is 0 Å². The van der Waals surface area contributed by atoms with E-state index in [0.717, 1.165) is 145 Å². The van der Waals surface area contributed by atoms with Crippen LogP contribution in [0.5, 0.6) is 0 Å². The molecule has 9 nitrogen and oxygen atoms in total. The van der Waals surface area contributed by atoms with Gasteiger partial charge in [-0.3, -0.25) is 0 Å². The van der Waals surface area contributed by atoms with Crippen molar-refractivity contribution in [1.29, 1.82) is 15.8 Å². The van der Waals surface area contributed by atoms with Crippen LogP contribution >= 0.6 is 0 Å². The summed E-state index contributed by atoms with van der Waals surface area (Å²) in [5.41, 5.74) is 39.3. The van der Waals surface area contributed by atoms with Gasteiger partial charge in [-0.15, -0.1) is 0 Å². The van der Waals surface area contributed by atoms with Crippen LogP contribution in [0.3, 0.4) is 0 Å². The molecule has 9 heteroatoms. The minimum Gasteiger partial charge on any atom is -0.208 e. The maximum absolute atomic E-state index is 11.2. The second kappa shape index (κ2) is 32.1. The highest BCUT2D eigenvalue weighted by Gasteiger charge is 2.30. The van der Waals surface area contributed by atoms with Crippen molar-refractivity contribution in [3.8, 4) is 242 Å². The highest BCUT2D eigenvalue weighted by molar-refractivity contribution is 6.23. The number of rotatable bonds is 16. The Balaban J connectivity index is 0.544. The van der Waals surface area contributed by atoms with Crippen molar-refractivity contribution in [2.75, 3.05) is 0 Å². The monoisotopic (exact) mass is 1650 g/mol. The molecule has 0 spiro atoms. The van der Waals surface area contributed by atoms with Gasteiger partial charge in [0.05, 0.1) is 34.9 Å². The molecular formula is C121H73N9. The molecule has 2 aliphatic carbocycles. The quantitative estimate of drug-likeness (QED) is 0.0921. The summed E-state index contributed by atoms with van der Waals surface area (Å²) < 4.78 is 0. The Labute approximate surface area is 752 Å². The highest BCUT2D eigenvalue weighted by atomic mass is 15.0. The molecule has 0 radical (unpaired) electrons. The minimum absolute atomic E-state index is 0.475. The highest BCUT2D eigenvalue weighted by Crippen LogP contribution is 2.56. The van der Waals surface area contributed by atoms with Crippen LogP contribution in [0.4, 0.5) is 0 Å². The van der Waals surface area contributed by atoms with Gasteiger partial charge in [-0.2, -0.15) is 15.8 Å². The zero-order valence-electron chi connectivity index (χ0n) is 70.7. The number of aromatic nitrogens is 6. The molecule has 2 aliphatic rings. The summed E-state index contributed by atoms with van der Waals surface area (Å²) in [5, 5.41) is 36.3. The van der Waals surface area contributed by atoms with E-state index in [-0.39, 0.29) is 0 Å². The maximum Gasteiger partial charge on any atom is 0.164 e. The van der Waals surface area contributed by atoms with Crippen LogP contribution in [0.2, 0.25) is 0 Å². The first-order valence-electron chi connectivity index (χ1n) is 43.5. The summed E-state index contributed by atoms with van der Waals surface area (Å²) >= 11 is 0. The third kappa shape index (κ3) is 13.7. The van der Waals surface area contributed by atoms with Gasteiger partial charge >= 0.3 is 0 Å². The van der Waals surface area contributed by atoms with Crippen LogP contribution in [0.25, 0.3) is 246 Å². The Kier molecular flexibility index (Phi) is 19.0. The number of benzene rings is 19. The zero-order valence-corrected chi connectivity index (χ0v) is 70.7. The topological polar surface area (TPSA) is 149 Å². The van der Waals surface area contributed by atoms with E-state index < -0.39 is 0 Å². The van der Waals surface area contributed by atoms with Gasteiger partial charge in [-0.05, 0) is 235 Å². The molecule has 0 bridgehead atoms. The summed E-state index contributed by atoms with van der Waals surface area (Å²) in [7, 11) is 0. The Hall–Kier alpha value is -17.8. The van der Waals surface area contributed by atoms with Crippen LogP contribution in [-0.2, 0) is 0 Å². The second-order valence-electron chi connectivity index (χ2n) is 33.4. The van der Waals surface area contributed by atoms with Crippen LogP contribution in [0, 0.1) is 47.8 Å². The van der Waals surface area contributed by atoms with Gasteiger partial charge < -0.3 is 0 Å². The van der Waals surface area contributed by atoms with E-state index in [1.54, 1.807) is 0 Å². The van der Waals surface area contributed by atoms with Crippen molar-refractivity contribution in [2.24, 2.45) is 0 Å². The molecule has 0 unspecified atom stereocenters. The Morgan fingerprint density at radius 3 is 1.11 bits per heavy atom. The third-order valence-electron chi connectivity index (χ3n) is 25.6. The second-order valence-corrected chi connectivity index (χ2v) is 33.4. The molecule has 0 saturated heterocycles. The van der Waals surface area contributed by atoms with Crippen molar-refractivity contribution in [3.63, 3.8) is 0 Å². The number of nitrogens with zero attached hydrogens (tertiary/aromatic N) is 9. The molecular weight excluding hydrogens is 1580 g/mol. The molecule has 21 aromatic rings. The summed E-state index contributed by atoms with van der Waals surface area (Å²) in [6.45, 7) is 4.15. The normalized spacial score (nSPS) is 11.4. The molecule has 23 rings (SSSR count). The lowest BCUT2D eigenvalue weighted by atomic mass is 9.85. The average molecular weight is 1650 g/mol. The largest absolute Gasteiger partial charge is 0.208 e. The van der Waals surface area contributed by atoms with Crippen molar-refractivity contribution in [3.05, 3.63) is 434 Å². The van der Waals surface area contributed by atoms with Gasteiger partial charge in [0, 0.05) is 44.5 Å². The molecule has 0 amide bonds. The fourth-order valence-electron chi connectivity index (χ4n) is 19.2. The lowest BCUT2D eigenvalue weighted by Gasteiger charge is -2.18. The molecule has 0 N–H and O–H groups in total. The van der Waals surface area contributed by atoms with Gasteiger partial charge in [0.15, 0.2) is 34.9 Å². The minimum atomic E-state index is 0.475. The fraction of sp³-hybridized carbons (Fsp3) is 0.0165. The van der Waals surface area contributed by atoms with Crippen molar-refractivity contribution >= 4 is 21.5 Å². The van der Waals surface area contributed by atoms with Crippen LogP contribution in [0.1, 0.15) is 27.8 Å². The number of fused-ring (bicyclic) bond motifs is 6. The first-order chi connectivity index (χ1) is 64.1. The molecule has 0 aliphatic heterocycles. The predicted octanol–water partition coefficient (Wildman–Crippen LogP) is 30.6. The molecule has 130 heavy (non-hydrogen) atoms. The summed E-state index contributed by atoms with van der Waals surface area (Å²) in [6, 6.07) is 150. The van der Waals surface area contributed by atoms with Gasteiger partial charge in [0.25, 0.3) is 0 Å². The van der Waals surface area contributed by atoms with E-state index >= 15 is 0 Å². The van der Waals surface area contributed by atoms with E-state index in [0.29, 0.717) is 51.6 Å². The van der Waals surface area contributed by atoms with Gasteiger partial charge in [0.2, 0.25) is 0 Å². The van der Waals surface area contributed by atoms with Crippen LogP contribution in [-0.4, -0.2) is 29.9 Å². The number of hydrogen-bond donors (Lipinski definition) is 0. The lowest BCUT2D eigenvalue weighted by molar-refractivity contribution is 1.07. The van der Waals surface area contributed by atoms with Gasteiger partial charge in [-0.25, -0.2) is 29.9 Å². The third-order valence-corrected chi connectivity index (χ3v) is 25.6. The molecule has 19 aromatic carbocycles. The summed E-state index contributed by atoms with van der Waals surface area (Å²) in [5.74, 6) is 3.28. The molecule has 602 valence electrons. The van der Waals surface area contributed by atoms with E-state index in [1.165, 1.54) is 77.2 Å². The first-order valence-corrected chi connectivity index (χ1v) is 43.5. The molecule has 0 saturated carbocycles. The average Bonchev–Trinajstić information content (AvgIpc) is 1.54. The van der Waals surface area contributed by atoms with E-state index in [2.05, 4.69) is 305 Å². The summed E-state index contributed by atoms with van der Waals surface area (Å²) in [4.78, 5) is 30.6. The van der Waals surface area contributed by atoms with Crippen molar-refractivity contribution in [2.45, 2.75) is 13.8 Å². The van der Waals surface area contributed by atoms with E-state index in [1.807, 2.05) is 133 Å². The SMILES string of the molecule is Cc1ccc(-c2nc(-c3ccc(C)cc3)nc(-c3ccc(-c4c(C#N)cccc4-c4cccc(-c5ccc(-c6ccc7c8c(cccc68)-c6c(-c8cc9c%10c(cc(-c%11ccc(-c%12ccccc%12-c%12cccc(C#N)c%12-c%12ccccc%12-c%12nc(-c%13ccccc%13)nc(-c%13ccc(-c%14ccc(C#N)cc%14)cc%13)n%12)cc%11)cc%10c8)-c8ccccc8-9)cccc6-7)cc5)c4)cc3)n2)cc1. The number of hydrogen-bond acceptors (Lipinski definition) is 9. The van der Waals surface area contributed by atoms with Crippen molar-refractivity contribution in [1.82, 2.24) is 29.9 Å². The van der Waals surface area contributed by atoms with Gasteiger partial charge in [0.1, 0.15) is 0 Å². The Morgan fingerprint density at radius 1 is 0.177 bits per heavy atom. The maximum atomic E-state index is 11.2. The zero-order chi connectivity index (χ0) is 87.0. The first kappa shape index (κ1) is 77.0. The Bertz CT molecular complexity index is 8260. The van der Waals surface area contributed by atoms with Crippen LogP contribution in [0.15, 0.2) is 406 Å². The summed E-state index contributed by atoms with van der Waals surface area (Å²) in [6.07, 6.45) is 0. The van der Waals surface area contributed by atoms with Gasteiger partial charge in [-0.1, -0.05) is 363 Å². The van der Waals surface area contributed by atoms with E-state index in [4.69, 9.17) is 29.9 Å². The Morgan fingerprint density at radius 2 is 0.538 bits per heavy atom. The lowest BCUT2D eigenvalue weighted by Crippen LogP contribution is -2.02. The van der Waals surface area contributed by atoms with E-state index in [9.17, 15) is 15.8 Å². The number of nitriles is 3. The standard InChI is InChI=1S/C121H73N9/c1-73-35-41-84(42-36-73)117-126-118(85-43-37-74(2)38-44-85)128-119(127-117)87-61-57-82(58-62-87)111-90(71-123)21-13-29-97(111)89-20-12-19-88(65-89)78-47-53-81(54-48-78)96-63-64-106-104-33-15-30-98(114(104)108-34-16-32-102(96)115(106)108)93-67-94-66-92(68-109-100-25-8-9-26-101(100)110(69-93)113(94)109)79-49-55-80(56-50-79)95-23-6-7-24-99(95)103-31-14-22-91(72-124)112(103)105-27-10-11-28-107(105)121-129-116(83-17-4-3-5-18-83)125-120(130-121)86-59-51-77(52-60-86)76-45-39-75(70-122)40-46-76/h3-69H,1-2H3. The molecule has 0 atom stereocenters. The molecule has 0 fully saturated rings. The predicted molar refractivity (Wildman–Crippen MR) is 528 cm³/mol.